The fourth-order valence-electron chi connectivity index (χ4n) is 3.43. The van der Waals surface area contributed by atoms with Gasteiger partial charge >= 0.3 is 12.1 Å². The average molecular weight is 416 g/mol. The van der Waals surface area contributed by atoms with Gasteiger partial charge in [-0.3, -0.25) is 0 Å². The Morgan fingerprint density at radius 3 is 2.13 bits per heavy atom. The van der Waals surface area contributed by atoms with E-state index in [2.05, 4.69) is 0 Å². The third-order valence-corrected chi connectivity index (χ3v) is 4.66. The van der Waals surface area contributed by atoms with Gasteiger partial charge in [-0.25, -0.2) is 4.79 Å². The lowest BCUT2D eigenvalue weighted by Gasteiger charge is -2.23. The zero-order chi connectivity index (χ0) is 22.1. The van der Waals surface area contributed by atoms with Crippen LogP contribution < -0.4 is 10.8 Å². The molecule has 158 valence electrons. The van der Waals surface area contributed by atoms with Gasteiger partial charge in [0.05, 0.1) is 18.2 Å². The van der Waals surface area contributed by atoms with Gasteiger partial charge in [-0.15, -0.1) is 0 Å². The number of hydrogen-bond acceptors (Lipinski definition) is 3. The van der Waals surface area contributed by atoms with Gasteiger partial charge in [0, 0.05) is 16.3 Å². The van der Waals surface area contributed by atoms with E-state index in [-0.39, 0.29) is 6.61 Å². The number of benzene rings is 2. The summed E-state index contributed by atoms with van der Waals surface area (Å²) in [5.74, 6) is -0.518. The van der Waals surface area contributed by atoms with Gasteiger partial charge in [0.2, 0.25) is 0 Å². The number of alkyl halides is 3. The van der Waals surface area contributed by atoms with E-state index < -0.39 is 23.1 Å². The zero-order valence-electron chi connectivity index (χ0n) is 17.3. The summed E-state index contributed by atoms with van der Waals surface area (Å²) < 4.78 is 50.1. The first-order chi connectivity index (χ1) is 14.0. The maximum atomic E-state index is 13.0. The third kappa shape index (κ3) is 4.42. The topological polar surface area (TPSA) is 39.4 Å². The second kappa shape index (κ2) is 8.01. The smallest absolute Gasteiger partial charge is 0.416 e. The molecular formula is C24H23F3O3. The Balaban J connectivity index is 2.36. The molecule has 0 aliphatic heterocycles. The van der Waals surface area contributed by atoms with Crippen molar-refractivity contribution in [2.24, 2.45) is 5.41 Å². The monoisotopic (exact) mass is 416 g/mol. The summed E-state index contributed by atoms with van der Waals surface area (Å²) in [5.41, 5.74) is 1.09. The Bertz CT molecular complexity index is 1180. The lowest BCUT2D eigenvalue weighted by molar-refractivity contribution is -0.137. The molecule has 3 aromatic rings. The van der Waals surface area contributed by atoms with Crippen molar-refractivity contribution >= 4 is 28.4 Å². The van der Waals surface area contributed by atoms with Crippen LogP contribution in [0.4, 0.5) is 13.2 Å². The highest BCUT2D eigenvalue weighted by molar-refractivity contribution is 6.02. The van der Waals surface area contributed by atoms with Crippen LogP contribution in [0.3, 0.4) is 0 Å². The van der Waals surface area contributed by atoms with Gasteiger partial charge in [0.15, 0.2) is 0 Å². The molecular weight excluding hydrogens is 393 g/mol. The molecule has 0 fully saturated rings. The first-order valence-electron chi connectivity index (χ1n) is 9.61. The van der Waals surface area contributed by atoms with Crippen LogP contribution in [0, 0.1) is 5.41 Å². The molecule has 0 amide bonds. The molecule has 6 heteroatoms. The van der Waals surface area contributed by atoms with Gasteiger partial charge in [-0.2, -0.15) is 13.2 Å². The second-order valence-electron chi connectivity index (χ2n) is 7.94. The Labute approximate surface area is 172 Å². The Hall–Kier alpha value is -3.02. The fourth-order valence-corrected chi connectivity index (χ4v) is 3.43. The van der Waals surface area contributed by atoms with Crippen molar-refractivity contribution in [1.82, 2.24) is 0 Å². The molecule has 3 nitrogen and oxygen atoms in total. The van der Waals surface area contributed by atoms with Crippen LogP contribution in [0.15, 0.2) is 52.9 Å². The van der Waals surface area contributed by atoms with Gasteiger partial charge < -0.3 is 9.15 Å². The van der Waals surface area contributed by atoms with Crippen molar-refractivity contribution < 1.29 is 27.1 Å². The first-order valence-corrected chi connectivity index (χ1v) is 9.61. The minimum absolute atomic E-state index is 0.242. The minimum Gasteiger partial charge on any atom is -0.463 e. The normalized spacial score (nSPS) is 14.2. The molecule has 0 radical (unpaired) electrons. The molecule has 1 aromatic heterocycles. The molecule has 0 unspecified atom stereocenters. The van der Waals surface area contributed by atoms with Crippen molar-refractivity contribution in [2.75, 3.05) is 6.61 Å². The SMILES string of the molecule is CCOC(=O)/C=c1/o/c(=C(\c2ccc(C(F)(F)F)cc2)C(C)(C)C)c2ccccc12. The standard InChI is InChI=1S/C24H23F3O3/c1-5-29-20(28)14-19-17-8-6-7-9-18(17)22(30-19)21(23(2,3)4)15-10-12-16(13-11-15)24(25,26)27/h6-14H,5H2,1-4H3/b19-14+,22-21+. The lowest BCUT2D eigenvalue weighted by atomic mass is 9.81. The number of fused-ring (bicyclic) bond motifs is 1. The highest BCUT2D eigenvalue weighted by Gasteiger charge is 2.31. The summed E-state index contributed by atoms with van der Waals surface area (Å²) in [4.78, 5) is 12.0. The van der Waals surface area contributed by atoms with Crippen LogP contribution in [0.2, 0.25) is 0 Å². The van der Waals surface area contributed by atoms with Crippen molar-refractivity contribution in [2.45, 2.75) is 33.9 Å². The fraction of sp³-hybridized carbons (Fsp3) is 0.292. The summed E-state index contributed by atoms with van der Waals surface area (Å²) >= 11 is 0. The van der Waals surface area contributed by atoms with Crippen LogP contribution in [0.5, 0.6) is 0 Å². The molecule has 0 N–H and O–H groups in total. The van der Waals surface area contributed by atoms with Crippen molar-refractivity contribution in [3.8, 4) is 0 Å². The Kier molecular flexibility index (Phi) is 5.79. The second-order valence-corrected chi connectivity index (χ2v) is 7.94. The predicted molar refractivity (Wildman–Crippen MR) is 110 cm³/mol. The minimum atomic E-state index is -4.40. The number of hydrogen-bond donors (Lipinski definition) is 0. The zero-order valence-corrected chi connectivity index (χ0v) is 17.3. The van der Waals surface area contributed by atoms with Crippen LogP contribution in [-0.4, -0.2) is 12.6 Å². The van der Waals surface area contributed by atoms with Crippen molar-refractivity contribution in [3.63, 3.8) is 0 Å². The number of furan rings is 1. The van der Waals surface area contributed by atoms with E-state index in [1.807, 2.05) is 45.0 Å². The quantitative estimate of drug-likeness (QED) is 0.562. The van der Waals surface area contributed by atoms with E-state index in [1.54, 1.807) is 6.92 Å². The number of ether oxygens (including phenoxy) is 1. The number of carbonyl (C=O) groups excluding carboxylic acids is 1. The molecule has 3 rings (SSSR count). The van der Waals surface area contributed by atoms with Gasteiger partial charge in [-0.1, -0.05) is 57.2 Å². The maximum absolute atomic E-state index is 13.0. The number of rotatable bonds is 3. The van der Waals surface area contributed by atoms with E-state index in [0.29, 0.717) is 16.4 Å². The lowest BCUT2D eigenvalue weighted by Crippen LogP contribution is -2.19. The molecule has 0 saturated heterocycles. The van der Waals surface area contributed by atoms with Crippen LogP contribution in [0.1, 0.15) is 38.8 Å². The largest absolute Gasteiger partial charge is 0.463 e. The summed E-state index contributed by atoms with van der Waals surface area (Å²) in [5, 5.41) is 1.51. The Morgan fingerprint density at radius 2 is 1.60 bits per heavy atom. The number of halogens is 3. The first kappa shape index (κ1) is 21.7. The van der Waals surface area contributed by atoms with E-state index in [9.17, 15) is 18.0 Å². The summed E-state index contributed by atoms with van der Waals surface area (Å²) in [6, 6.07) is 12.4. The van der Waals surface area contributed by atoms with Crippen LogP contribution in [0.25, 0.3) is 22.4 Å². The molecule has 30 heavy (non-hydrogen) atoms. The van der Waals surface area contributed by atoms with E-state index in [0.717, 1.165) is 28.5 Å². The summed E-state index contributed by atoms with van der Waals surface area (Å²) in [6.45, 7) is 7.85. The maximum Gasteiger partial charge on any atom is 0.416 e. The highest BCUT2D eigenvalue weighted by Crippen LogP contribution is 2.35. The van der Waals surface area contributed by atoms with Crippen molar-refractivity contribution in [3.05, 3.63) is 70.5 Å². The molecule has 2 aromatic carbocycles. The van der Waals surface area contributed by atoms with E-state index >= 15 is 0 Å². The number of carbonyl (C=O) groups is 1. The molecule has 0 spiro atoms. The van der Waals surface area contributed by atoms with Crippen LogP contribution >= 0.6 is 0 Å². The highest BCUT2D eigenvalue weighted by atomic mass is 19.4. The van der Waals surface area contributed by atoms with E-state index in [4.69, 9.17) is 9.15 Å². The van der Waals surface area contributed by atoms with Crippen LogP contribution in [-0.2, 0) is 15.7 Å². The average Bonchev–Trinajstić information content (AvgIpc) is 2.99. The molecule has 0 saturated carbocycles. The molecule has 0 aliphatic rings. The molecule has 0 bridgehead atoms. The van der Waals surface area contributed by atoms with Gasteiger partial charge in [-0.05, 0) is 30.0 Å². The van der Waals surface area contributed by atoms with Crippen molar-refractivity contribution in [1.29, 1.82) is 0 Å². The Morgan fingerprint density at radius 1 is 1.00 bits per heavy atom. The van der Waals surface area contributed by atoms with Gasteiger partial charge in [0.1, 0.15) is 10.8 Å². The van der Waals surface area contributed by atoms with E-state index in [1.165, 1.54) is 18.2 Å². The van der Waals surface area contributed by atoms with Gasteiger partial charge in [0.25, 0.3) is 0 Å². The number of esters is 1. The summed E-state index contributed by atoms with van der Waals surface area (Å²) in [6.07, 6.45) is -3.11. The molecule has 0 aliphatic carbocycles. The molecule has 1 heterocycles. The third-order valence-electron chi connectivity index (χ3n) is 4.66. The predicted octanol–water partition coefficient (Wildman–Crippen LogP) is 5.04. The molecule has 0 atom stereocenters. The summed E-state index contributed by atoms with van der Waals surface area (Å²) in [7, 11) is 0.